The van der Waals surface area contributed by atoms with Crippen LogP contribution in [0.3, 0.4) is 0 Å². The molecule has 0 spiro atoms. The first-order valence-electron chi connectivity index (χ1n) is 6.17. The summed E-state index contributed by atoms with van der Waals surface area (Å²) < 4.78 is 38.2. The highest BCUT2D eigenvalue weighted by Gasteiger charge is 2.34. The van der Waals surface area contributed by atoms with E-state index in [2.05, 4.69) is 15.2 Å². The molecule has 0 saturated carbocycles. The number of alkyl halides is 3. The van der Waals surface area contributed by atoms with E-state index in [1.54, 1.807) is 11.8 Å². The maximum absolute atomic E-state index is 12.7. The summed E-state index contributed by atoms with van der Waals surface area (Å²) in [5, 5.41) is 3.32. The fourth-order valence-electron chi connectivity index (χ4n) is 2.52. The Morgan fingerprint density at radius 2 is 2.26 bits per heavy atom. The Morgan fingerprint density at radius 1 is 1.42 bits per heavy atom. The normalized spacial score (nSPS) is 23.5. The lowest BCUT2D eigenvalue weighted by atomic mass is 10.1. The summed E-state index contributed by atoms with van der Waals surface area (Å²) in [4.78, 5) is 6.24. The molecule has 0 aliphatic carbocycles. The fraction of sp³-hybridized carbons (Fsp3) is 0.583. The van der Waals surface area contributed by atoms with Gasteiger partial charge in [0.2, 0.25) is 0 Å². The minimum absolute atomic E-state index is 0.323. The highest BCUT2D eigenvalue weighted by molar-refractivity contribution is 7.98. The molecule has 0 bridgehead atoms. The van der Waals surface area contributed by atoms with Crippen LogP contribution in [0, 0.1) is 0 Å². The van der Waals surface area contributed by atoms with E-state index in [4.69, 9.17) is 0 Å². The molecule has 3 heterocycles. The number of nitrogens with zero attached hydrogens (tertiary/aromatic N) is 2. The molecule has 0 unspecified atom stereocenters. The van der Waals surface area contributed by atoms with Crippen LogP contribution in [0.4, 0.5) is 19.0 Å². The van der Waals surface area contributed by atoms with Crippen molar-refractivity contribution in [2.45, 2.75) is 18.0 Å². The highest BCUT2D eigenvalue weighted by atomic mass is 32.2. The number of pyridine rings is 1. The number of piperazine rings is 1. The summed E-state index contributed by atoms with van der Waals surface area (Å²) in [6, 6.07) is 1.57. The molecule has 1 fully saturated rings. The summed E-state index contributed by atoms with van der Waals surface area (Å²) in [5.41, 5.74) is 0.0460. The molecule has 104 valence electrons. The van der Waals surface area contributed by atoms with E-state index in [0.29, 0.717) is 17.4 Å². The van der Waals surface area contributed by atoms with Gasteiger partial charge in [0.05, 0.1) is 11.6 Å². The number of fused-ring (bicyclic) bond motifs is 3. The van der Waals surface area contributed by atoms with Crippen LogP contribution in [0.15, 0.2) is 12.3 Å². The summed E-state index contributed by atoms with van der Waals surface area (Å²) in [5.74, 6) is 2.24. The van der Waals surface area contributed by atoms with Gasteiger partial charge in [-0.3, -0.25) is 0 Å². The molecule has 1 aromatic heterocycles. The van der Waals surface area contributed by atoms with E-state index in [0.717, 1.165) is 37.4 Å². The first-order chi connectivity index (χ1) is 9.05. The molecule has 3 nitrogen and oxygen atoms in total. The number of nitrogens with one attached hydrogen (secondary N) is 1. The van der Waals surface area contributed by atoms with Crippen molar-refractivity contribution in [3.63, 3.8) is 0 Å². The molecule has 1 aromatic rings. The lowest BCUT2D eigenvalue weighted by Crippen LogP contribution is -2.52. The first-order valence-corrected chi connectivity index (χ1v) is 7.32. The maximum atomic E-state index is 12.7. The number of aromatic nitrogens is 1. The fourth-order valence-corrected chi connectivity index (χ4v) is 3.64. The van der Waals surface area contributed by atoms with Crippen molar-refractivity contribution < 1.29 is 13.2 Å². The predicted molar refractivity (Wildman–Crippen MR) is 69.4 cm³/mol. The van der Waals surface area contributed by atoms with Gasteiger partial charge in [-0.1, -0.05) is 0 Å². The second-order valence-corrected chi connectivity index (χ2v) is 5.80. The zero-order valence-electron chi connectivity index (χ0n) is 10.2. The van der Waals surface area contributed by atoms with Crippen molar-refractivity contribution in [1.29, 1.82) is 0 Å². The Kier molecular flexibility index (Phi) is 3.34. The molecular weight excluding hydrogens is 275 g/mol. The summed E-state index contributed by atoms with van der Waals surface area (Å²) in [7, 11) is 0. The topological polar surface area (TPSA) is 28.2 Å². The van der Waals surface area contributed by atoms with Gasteiger partial charge in [-0.2, -0.15) is 24.9 Å². The minimum Gasteiger partial charge on any atom is -0.350 e. The van der Waals surface area contributed by atoms with Crippen LogP contribution in [0.1, 0.15) is 11.1 Å². The third-order valence-corrected chi connectivity index (χ3v) is 4.60. The molecule has 1 atom stereocenters. The van der Waals surface area contributed by atoms with E-state index >= 15 is 0 Å². The van der Waals surface area contributed by atoms with Crippen LogP contribution < -0.4 is 10.2 Å². The van der Waals surface area contributed by atoms with E-state index < -0.39 is 11.7 Å². The van der Waals surface area contributed by atoms with Gasteiger partial charge in [-0.15, -0.1) is 0 Å². The molecule has 0 radical (unpaired) electrons. The smallest absolute Gasteiger partial charge is 0.350 e. The molecule has 3 rings (SSSR count). The summed E-state index contributed by atoms with van der Waals surface area (Å²) in [6.45, 7) is 2.52. The van der Waals surface area contributed by atoms with Gasteiger partial charge < -0.3 is 10.2 Å². The third-order valence-electron chi connectivity index (χ3n) is 3.46. The van der Waals surface area contributed by atoms with Crippen LogP contribution in [-0.4, -0.2) is 36.4 Å². The van der Waals surface area contributed by atoms with Crippen LogP contribution in [0.2, 0.25) is 0 Å². The average Bonchev–Trinajstić information content (AvgIpc) is 2.56. The number of thioether (sulfide) groups is 1. The van der Waals surface area contributed by atoms with E-state index in [1.807, 2.05) is 0 Å². The molecule has 7 heteroatoms. The van der Waals surface area contributed by atoms with Crippen molar-refractivity contribution in [1.82, 2.24) is 10.3 Å². The predicted octanol–water partition coefficient (Wildman–Crippen LogP) is 2.13. The molecule has 1 N–H and O–H groups in total. The molecule has 0 aromatic carbocycles. The molecule has 1 saturated heterocycles. The lowest BCUT2D eigenvalue weighted by Gasteiger charge is -2.36. The van der Waals surface area contributed by atoms with Crippen molar-refractivity contribution in [3.8, 4) is 0 Å². The van der Waals surface area contributed by atoms with Gasteiger partial charge in [0.25, 0.3) is 0 Å². The zero-order chi connectivity index (χ0) is 13.5. The van der Waals surface area contributed by atoms with Crippen LogP contribution >= 0.6 is 11.8 Å². The van der Waals surface area contributed by atoms with Crippen LogP contribution in [0.25, 0.3) is 0 Å². The minimum atomic E-state index is -4.32. The van der Waals surface area contributed by atoms with Gasteiger partial charge >= 0.3 is 6.18 Å². The van der Waals surface area contributed by atoms with Crippen molar-refractivity contribution >= 4 is 17.6 Å². The average molecular weight is 289 g/mol. The summed E-state index contributed by atoms with van der Waals surface area (Å²) in [6.07, 6.45) is -3.37. The highest BCUT2D eigenvalue weighted by Crippen LogP contribution is 2.35. The maximum Gasteiger partial charge on any atom is 0.417 e. The number of hydrogen-bond acceptors (Lipinski definition) is 4. The molecule has 19 heavy (non-hydrogen) atoms. The monoisotopic (exact) mass is 289 g/mol. The quantitative estimate of drug-likeness (QED) is 0.792. The Bertz CT molecular complexity index is 478. The second kappa shape index (κ2) is 4.86. The molecular formula is C12H14F3N3S. The van der Waals surface area contributed by atoms with E-state index in [-0.39, 0.29) is 0 Å². The number of rotatable bonds is 0. The molecule has 0 amide bonds. The number of halogens is 3. The lowest BCUT2D eigenvalue weighted by molar-refractivity contribution is -0.137. The van der Waals surface area contributed by atoms with Crippen molar-refractivity contribution in [2.75, 3.05) is 30.3 Å². The van der Waals surface area contributed by atoms with Gasteiger partial charge in [-0.25, -0.2) is 4.98 Å². The number of anilines is 1. The Labute approximate surface area is 113 Å². The number of hydrogen-bond donors (Lipinski definition) is 1. The Balaban J connectivity index is 1.99. The Hall–Kier alpha value is -0.950. The SMILES string of the molecule is FC(F)(F)c1cnc2c(c1)CSC[C@@H]1CNCCN21. The standard InChI is InChI=1S/C12H14F3N3S/c13-12(14,15)9-3-8-6-19-7-10-5-16-1-2-18(10)11(8)17-4-9/h3-4,10,16H,1-2,5-7H2/t10-/m0/s1. The van der Waals surface area contributed by atoms with Gasteiger partial charge in [0.1, 0.15) is 5.82 Å². The third kappa shape index (κ3) is 2.53. The van der Waals surface area contributed by atoms with Crippen LogP contribution in [0.5, 0.6) is 0 Å². The largest absolute Gasteiger partial charge is 0.417 e. The zero-order valence-corrected chi connectivity index (χ0v) is 11.0. The first kappa shape index (κ1) is 13.1. The van der Waals surface area contributed by atoms with E-state index in [1.165, 1.54) is 6.07 Å². The van der Waals surface area contributed by atoms with Crippen LogP contribution in [-0.2, 0) is 11.9 Å². The van der Waals surface area contributed by atoms with Gasteiger partial charge in [-0.05, 0) is 6.07 Å². The Morgan fingerprint density at radius 3 is 3.05 bits per heavy atom. The van der Waals surface area contributed by atoms with Gasteiger partial charge in [0, 0.05) is 42.9 Å². The van der Waals surface area contributed by atoms with Crippen molar-refractivity contribution in [3.05, 3.63) is 23.4 Å². The molecule has 2 aliphatic heterocycles. The second-order valence-electron chi connectivity index (χ2n) is 4.77. The summed E-state index contributed by atoms with van der Waals surface area (Å²) >= 11 is 1.67. The molecule has 2 aliphatic rings. The van der Waals surface area contributed by atoms with Gasteiger partial charge in [0.15, 0.2) is 0 Å². The van der Waals surface area contributed by atoms with E-state index in [9.17, 15) is 13.2 Å². The van der Waals surface area contributed by atoms with Crippen molar-refractivity contribution in [2.24, 2.45) is 0 Å².